The Morgan fingerprint density at radius 3 is 2.90 bits per heavy atom. The molecule has 2 rings (SSSR count). The van der Waals surface area contributed by atoms with Gasteiger partial charge in [0.1, 0.15) is 5.75 Å². The molecule has 0 unspecified atom stereocenters. The van der Waals surface area contributed by atoms with Gasteiger partial charge in [0.2, 0.25) is 5.91 Å². The van der Waals surface area contributed by atoms with Crippen LogP contribution in [0.3, 0.4) is 0 Å². The number of para-hydroxylation sites is 1. The second-order valence-electron chi connectivity index (χ2n) is 5.30. The molecule has 1 aromatic carbocycles. The monoisotopic (exact) mass is 290 g/mol. The van der Waals surface area contributed by atoms with Gasteiger partial charge in [-0.25, -0.2) is 0 Å². The molecule has 2 amide bonds. The highest BCUT2D eigenvalue weighted by Gasteiger charge is 2.21. The zero-order chi connectivity index (χ0) is 15.2. The summed E-state index contributed by atoms with van der Waals surface area (Å²) >= 11 is 0. The van der Waals surface area contributed by atoms with Gasteiger partial charge in [0, 0.05) is 13.1 Å². The van der Waals surface area contributed by atoms with Crippen molar-refractivity contribution in [3.63, 3.8) is 0 Å². The number of benzene rings is 1. The van der Waals surface area contributed by atoms with E-state index in [-0.39, 0.29) is 25.0 Å². The molecule has 0 aromatic heterocycles. The van der Waals surface area contributed by atoms with Gasteiger partial charge >= 0.3 is 0 Å². The predicted molar refractivity (Wildman–Crippen MR) is 80.2 cm³/mol. The Hall–Kier alpha value is -2.04. The minimum atomic E-state index is -0.149. The summed E-state index contributed by atoms with van der Waals surface area (Å²) in [6.45, 7) is 5.41. The third-order valence-corrected chi connectivity index (χ3v) is 3.80. The van der Waals surface area contributed by atoms with Crippen LogP contribution in [0.4, 0.5) is 0 Å². The van der Waals surface area contributed by atoms with Crippen molar-refractivity contribution in [3.8, 4) is 5.75 Å². The van der Waals surface area contributed by atoms with E-state index in [2.05, 4.69) is 19.2 Å². The van der Waals surface area contributed by atoms with Crippen molar-refractivity contribution in [3.05, 3.63) is 29.8 Å². The maximum absolute atomic E-state index is 12.1. The summed E-state index contributed by atoms with van der Waals surface area (Å²) in [4.78, 5) is 24.9. The van der Waals surface area contributed by atoms with Crippen LogP contribution < -0.4 is 10.1 Å². The molecule has 0 saturated carbocycles. The Kier molecular flexibility index (Phi) is 5.20. The first-order valence-corrected chi connectivity index (χ1v) is 7.38. The minimum absolute atomic E-state index is 0.0271. The maximum atomic E-state index is 12.1. The van der Waals surface area contributed by atoms with E-state index in [0.717, 1.165) is 17.7 Å². The molecule has 5 nitrogen and oxygen atoms in total. The molecule has 0 radical (unpaired) electrons. The second kappa shape index (κ2) is 7.11. The number of hydrogen-bond acceptors (Lipinski definition) is 3. The van der Waals surface area contributed by atoms with E-state index in [1.54, 1.807) is 0 Å². The molecule has 1 heterocycles. The van der Waals surface area contributed by atoms with Crippen LogP contribution in [0.15, 0.2) is 24.3 Å². The fraction of sp³-hybridized carbons (Fsp3) is 0.500. The number of hydrogen-bond donors (Lipinski definition) is 1. The minimum Gasteiger partial charge on any atom is -0.483 e. The van der Waals surface area contributed by atoms with Crippen molar-refractivity contribution in [1.29, 1.82) is 0 Å². The second-order valence-corrected chi connectivity index (χ2v) is 5.30. The number of nitrogens with zero attached hydrogens (tertiary/aromatic N) is 1. The summed E-state index contributed by atoms with van der Waals surface area (Å²) in [7, 11) is 0. The van der Waals surface area contributed by atoms with Crippen molar-refractivity contribution >= 4 is 11.8 Å². The molecule has 0 bridgehead atoms. The summed E-state index contributed by atoms with van der Waals surface area (Å²) in [5, 5.41) is 2.70. The van der Waals surface area contributed by atoms with Crippen molar-refractivity contribution in [1.82, 2.24) is 10.2 Å². The van der Waals surface area contributed by atoms with Gasteiger partial charge in [-0.1, -0.05) is 32.0 Å². The Balaban J connectivity index is 1.96. The maximum Gasteiger partial charge on any atom is 0.261 e. The highest BCUT2D eigenvalue weighted by Crippen LogP contribution is 2.28. The number of nitrogens with one attached hydrogen (secondary N) is 1. The van der Waals surface area contributed by atoms with Gasteiger partial charge in [-0.2, -0.15) is 0 Å². The highest BCUT2D eigenvalue weighted by atomic mass is 16.5. The van der Waals surface area contributed by atoms with Crippen LogP contribution in [-0.4, -0.2) is 43.0 Å². The average Bonchev–Trinajstić information content (AvgIpc) is 2.52. The fourth-order valence-electron chi connectivity index (χ4n) is 2.32. The van der Waals surface area contributed by atoms with Crippen LogP contribution in [0.1, 0.15) is 31.7 Å². The lowest BCUT2D eigenvalue weighted by molar-refractivity contribution is -0.139. The normalized spacial score (nSPS) is 16.3. The number of amides is 2. The molecule has 5 heteroatoms. The van der Waals surface area contributed by atoms with Crippen molar-refractivity contribution in [2.75, 3.05) is 26.2 Å². The lowest BCUT2D eigenvalue weighted by Crippen LogP contribution is -2.51. The third kappa shape index (κ3) is 3.97. The van der Waals surface area contributed by atoms with Gasteiger partial charge in [0.15, 0.2) is 6.61 Å². The highest BCUT2D eigenvalue weighted by molar-refractivity contribution is 5.86. The molecule has 1 aliphatic heterocycles. The van der Waals surface area contributed by atoms with Crippen LogP contribution in [0.2, 0.25) is 0 Å². The SMILES string of the molecule is CC[C@H](C)c1ccccc1OCC(=O)N1CCNC(=O)C1. The Morgan fingerprint density at radius 1 is 1.43 bits per heavy atom. The van der Waals surface area contributed by atoms with Crippen LogP contribution in [0, 0.1) is 0 Å². The molecule has 21 heavy (non-hydrogen) atoms. The molecule has 1 atom stereocenters. The number of piperazine rings is 1. The van der Waals surface area contributed by atoms with Gasteiger partial charge < -0.3 is 15.0 Å². The van der Waals surface area contributed by atoms with Gasteiger partial charge in [0.05, 0.1) is 6.54 Å². The molecular formula is C16H22N2O3. The first-order chi connectivity index (χ1) is 10.1. The number of ether oxygens (including phenoxy) is 1. The number of rotatable bonds is 5. The molecule has 0 aliphatic carbocycles. The first-order valence-electron chi connectivity index (χ1n) is 7.38. The van der Waals surface area contributed by atoms with E-state index in [9.17, 15) is 9.59 Å². The Bertz CT molecular complexity index is 516. The first kappa shape index (κ1) is 15.4. The molecule has 1 fully saturated rings. The van der Waals surface area contributed by atoms with E-state index >= 15 is 0 Å². The smallest absolute Gasteiger partial charge is 0.261 e. The molecule has 1 aliphatic rings. The predicted octanol–water partition coefficient (Wildman–Crippen LogP) is 1.54. The van der Waals surface area contributed by atoms with Crippen molar-refractivity contribution < 1.29 is 14.3 Å². The molecule has 1 N–H and O–H groups in total. The summed E-state index contributed by atoms with van der Waals surface area (Å²) in [5.74, 6) is 0.872. The average molecular weight is 290 g/mol. The molecule has 114 valence electrons. The summed E-state index contributed by atoms with van der Waals surface area (Å²) < 4.78 is 5.69. The topological polar surface area (TPSA) is 58.6 Å². The van der Waals surface area contributed by atoms with Crippen molar-refractivity contribution in [2.24, 2.45) is 0 Å². The Labute approximate surface area is 125 Å². The van der Waals surface area contributed by atoms with Gasteiger partial charge in [-0.15, -0.1) is 0 Å². The van der Waals surface area contributed by atoms with Crippen LogP contribution in [0.5, 0.6) is 5.75 Å². The zero-order valence-corrected chi connectivity index (χ0v) is 12.6. The zero-order valence-electron chi connectivity index (χ0n) is 12.6. The van der Waals surface area contributed by atoms with Crippen LogP contribution >= 0.6 is 0 Å². The standard InChI is InChI=1S/C16H22N2O3/c1-3-12(2)13-6-4-5-7-14(13)21-11-16(20)18-9-8-17-15(19)10-18/h4-7,12H,3,8-11H2,1-2H3,(H,17,19)/t12-/m0/s1. The summed E-state index contributed by atoms with van der Waals surface area (Å²) in [6.07, 6.45) is 1.01. The number of carbonyl (C=O) groups is 2. The molecule has 1 saturated heterocycles. The van der Waals surface area contributed by atoms with E-state index < -0.39 is 0 Å². The quantitative estimate of drug-likeness (QED) is 0.895. The van der Waals surface area contributed by atoms with E-state index in [1.165, 1.54) is 4.90 Å². The summed E-state index contributed by atoms with van der Waals surface area (Å²) in [6, 6.07) is 7.80. The lowest BCUT2D eigenvalue weighted by atomic mass is 9.98. The number of carbonyl (C=O) groups excluding carboxylic acids is 2. The fourth-order valence-corrected chi connectivity index (χ4v) is 2.32. The van der Waals surface area contributed by atoms with E-state index in [0.29, 0.717) is 19.0 Å². The van der Waals surface area contributed by atoms with Crippen molar-refractivity contribution in [2.45, 2.75) is 26.2 Å². The van der Waals surface area contributed by atoms with Gasteiger partial charge in [-0.3, -0.25) is 9.59 Å². The third-order valence-electron chi connectivity index (χ3n) is 3.80. The van der Waals surface area contributed by atoms with Gasteiger partial charge in [-0.05, 0) is 24.0 Å². The van der Waals surface area contributed by atoms with Crippen LogP contribution in [0.25, 0.3) is 0 Å². The van der Waals surface area contributed by atoms with Crippen LogP contribution in [-0.2, 0) is 9.59 Å². The van der Waals surface area contributed by atoms with E-state index in [1.807, 2.05) is 24.3 Å². The summed E-state index contributed by atoms with van der Waals surface area (Å²) in [5.41, 5.74) is 1.11. The largest absolute Gasteiger partial charge is 0.483 e. The molecular weight excluding hydrogens is 268 g/mol. The Morgan fingerprint density at radius 2 is 2.19 bits per heavy atom. The van der Waals surface area contributed by atoms with Gasteiger partial charge in [0.25, 0.3) is 5.91 Å². The molecule has 0 spiro atoms. The van der Waals surface area contributed by atoms with E-state index in [4.69, 9.17) is 4.74 Å². The lowest BCUT2D eigenvalue weighted by Gasteiger charge is -2.26. The molecule has 1 aromatic rings.